The molecule has 0 bridgehead atoms. The molecule has 1 aliphatic carbocycles. The molecule has 0 saturated heterocycles. The summed E-state index contributed by atoms with van der Waals surface area (Å²) in [6.07, 6.45) is 2.55. The Kier molecular flexibility index (Phi) is 4.66. The predicted octanol–water partition coefficient (Wildman–Crippen LogP) is 1.40. The minimum absolute atomic E-state index is 0.0295. The first-order valence-electron chi connectivity index (χ1n) is 5.89. The standard InChI is InChI=1S/C12H18O5/c1-2-17-10(14)9-4-3-5-12(8-9,6-7-13)11(15)16/h7,9H,2-6,8H2,1H3,(H,15,16)/t9-,12+/m1/s1. The van der Waals surface area contributed by atoms with Crippen LogP contribution >= 0.6 is 0 Å². The van der Waals surface area contributed by atoms with E-state index in [1.54, 1.807) is 6.92 Å². The summed E-state index contributed by atoms with van der Waals surface area (Å²) in [6.45, 7) is 2.01. The third-order valence-electron chi connectivity index (χ3n) is 3.39. The maximum Gasteiger partial charge on any atom is 0.310 e. The minimum Gasteiger partial charge on any atom is -0.481 e. The molecule has 0 unspecified atom stereocenters. The molecule has 96 valence electrons. The summed E-state index contributed by atoms with van der Waals surface area (Å²) in [5.74, 6) is -1.72. The molecule has 0 aliphatic heterocycles. The zero-order valence-electron chi connectivity index (χ0n) is 9.98. The third-order valence-corrected chi connectivity index (χ3v) is 3.39. The fraction of sp³-hybridized carbons (Fsp3) is 0.750. The largest absolute Gasteiger partial charge is 0.481 e. The third kappa shape index (κ3) is 3.05. The van der Waals surface area contributed by atoms with Crippen LogP contribution in [0.3, 0.4) is 0 Å². The van der Waals surface area contributed by atoms with Crippen LogP contribution in [0.4, 0.5) is 0 Å². The molecular formula is C12H18O5. The molecule has 5 nitrogen and oxygen atoms in total. The zero-order valence-corrected chi connectivity index (χ0v) is 9.98. The Morgan fingerprint density at radius 3 is 2.76 bits per heavy atom. The van der Waals surface area contributed by atoms with Crippen molar-refractivity contribution in [2.24, 2.45) is 11.3 Å². The summed E-state index contributed by atoms with van der Waals surface area (Å²) >= 11 is 0. The Morgan fingerprint density at radius 2 is 2.24 bits per heavy atom. The highest BCUT2D eigenvalue weighted by atomic mass is 16.5. The fourth-order valence-electron chi connectivity index (χ4n) is 2.45. The highest BCUT2D eigenvalue weighted by molar-refractivity contribution is 5.80. The van der Waals surface area contributed by atoms with E-state index in [-0.39, 0.29) is 24.7 Å². The Hall–Kier alpha value is -1.39. The van der Waals surface area contributed by atoms with E-state index < -0.39 is 11.4 Å². The maximum atomic E-state index is 11.6. The van der Waals surface area contributed by atoms with Gasteiger partial charge in [-0.25, -0.2) is 0 Å². The summed E-state index contributed by atoms with van der Waals surface area (Å²) in [7, 11) is 0. The maximum absolute atomic E-state index is 11.6. The average Bonchev–Trinajstić information content (AvgIpc) is 2.30. The number of ether oxygens (including phenoxy) is 1. The predicted molar refractivity (Wildman–Crippen MR) is 59.3 cm³/mol. The van der Waals surface area contributed by atoms with Crippen molar-refractivity contribution in [3.8, 4) is 0 Å². The number of carbonyl (C=O) groups excluding carboxylic acids is 2. The van der Waals surface area contributed by atoms with Gasteiger partial charge in [0.15, 0.2) is 0 Å². The van der Waals surface area contributed by atoms with E-state index in [0.29, 0.717) is 32.2 Å². The van der Waals surface area contributed by atoms with Gasteiger partial charge in [0.1, 0.15) is 6.29 Å². The number of carboxylic acids is 1. The lowest BCUT2D eigenvalue weighted by atomic mass is 9.68. The first kappa shape index (κ1) is 13.7. The zero-order chi connectivity index (χ0) is 12.9. The van der Waals surface area contributed by atoms with E-state index in [2.05, 4.69) is 0 Å². The van der Waals surface area contributed by atoms with Crippen molar-refractivity contribution < 1.29 is 24.2 Å². The number of carboxylic acid groups (broad SMARTS) is 1. The SMILES string of the molecule is CCOC(=O)[C@@H]1CCC[C@@](CC=O)(C(=O)O)C1. The van der Waals surface area contributed by atoms with Crippen molar-refractivity contribution in [1.29, 1.82) is 0 Å². The van der Waals surface area contributed by atoms with Crippen LogP contribution in [0.2, 0.25) is 0 Å². The van der Waals surface area contributed by atoms with Gasteiger partial charge in [0.05, 0.1) is 17.9 Å². The van der Waals surface area contributed by atoms with Crippen LogP contribution in [0, 0.1) is 11.3 Å². The molecule has 17 heavy (non-hydrogen) atoms. The summed E-state index contributed by atoms with van der Waals surface area (Å²) in [4.78, 5) is 33.5. The van der Waals surface area contributed by atoms with Gasteiger partial charge in [-0.3, -0.25) is 9.59 Å². The van der Waals surface area contributed by atoms with E-state index in [1.165, 1.54) is 0 Å². The normalized spacial score (nSPS) is 28.4. The molecule has 2 atom stereocenters. The first-order chi connectivity index (χ1) is 8.05. The molecule has 0 radical (unpaired) electrons. The van der Waals surface area contributed by atoms with Gasteiger partial charge in [-0.2, -0.15) is 0 Å². The average molecular weight is 242 g/mol. The molecule has 1 saturated carbocycles. The molecule has 0 spiro atoms. The van der Waals surface area contributed by atoms with Crippen molar-refractivity contribution in [3.05, 3.63) is 0 Å². The first-order valence-corrected chi connectivity index (χ1v) is 5.89. The lowest BCUT2D eigenvalue weighted by Gasteiger charge is -2.35. The van der Waals surface area contributed by atoms with Crippen molar-refractivity contribution in [2.45, 2.75) is 39.0 Å². The second-order valence-electron chi connectivity index (χ2n) is 4.50. The number of esters is 1. The van der Waals surface area contributed by atoms with Crippen LogP contribution in [-0.2, 0) is 19.1 Å². The molecule has 0 aromatic heterocycles. The summed E-state index contributed by atoms with van der Waals surface area (Å²) in [5.41, 5.74) is -1.07. The molecule has 1 N–H and O–H groups in total. The van der Waals surface area contributed by atoms with Crippen LogP contribution in [0.25, 0.3) is 0 Å². The molecule has 0 heterocycles. The highest BCUT2D eigenvalue weighted by Crippen LogP contribution is 2.42. The molecule has 1 rings (SSSR count). The Morgan fingerprint density at radius 1 is 1.53 bits per heavy atom. The van der Waals surface area contributed by atoms with E-state index in [4.69, 9.17) is 4.74 Å². The molecule has 1 fully saturated rings. The van der Waals surface area contributed by atoms with Crippen molar-refractivity contribution in [2.75, 3.05) is 6.61 Å². The van der Waals surface area contributed by atoms with Crippen LogP contribution < -0.4 is 0 Å². The topological polar surface area (TPSA) is 80.7 Å². The molecule has 0 amide bonds. The van der Waals surface area contributed by atoms with E-state index in [1.807, 2.05) is 0 Å². The Labute approximate surface area is 100 Å². The van der Waals surface area contributed by atoms with Crippen LogP contribution in [-0.4, -0.2) is 29.9 Å². The second-order valence-corrected chi connectivity index (χ2v) is 4.50. The molecular weight excluding hydrogens is 224 g/mol. The fourth-order valence-corrected chi connectivity index (χ4v) is 2.45. The lowest BCUT2D eigenvalue weighted by molar-refractivity contribution is -0.159. The van der Waals surface area contributed by atoms with Gasteiger partial charge in [-0.1, -0.05) is 6.42 Å². The van der Waals surface area contributed by atoms with Crippen LogP contribution in [0.5, 0.6) is 0 Å². The van der Waals surface area contributed by atoms with Crippen molar-refractivity contribution in [3.63, 3.8) is 0 Å². The summed E-state index contributed by atoms with van der Waals surface area (Å²) < 4.78 is 4.91. The number of hydrogen-bond acceptors (Lipinski definition) is 4. The van der Waals surface area contributed by atoms with Crippen LogP contribution in [0.15, 0.2) is 0 Å². The van der Waals surface area contributed by atoms with E-state index in [0.717, 1.165) is 0 Å². The number of rotatable bonds is 5. The van der Waals surface area contributed by atoms with Gasteiger partial charge in [0.2, 0.25) is 0 Å². The van der Waals surface area contributed by atoms with Crippen molar-refractivity contribution >= 4 is 18.2 Å². The Bertz CT molecular complexity index is 312. The number of carbonyl (C=O) groups is 3. The minimum atomic E-state index is -1.07. The number of aliphatic carboxylic acids is 1. The monoisotopic (exact) mass is 242 g/mol. The van der Waals surface area contributed by atoms with E-state index in [9.17, 15) is 19.5 Å². The molecule has 1 aliphatic rings. The smallest absolute Gasteiger partial charge is 0.310 e. The van der Waals surface area contributed by atoms with Gasteiger partial charge in [-0.05, 0) is 26.2 Å². The summed E-state index contributed by atoms with van der Waals surface area (Å²) in [5, 5.41) is 9.24. The van der Waals surface area contributed by atoms with Gasteiger partial charge in [0.25, 0.3) is 0 Å². The van der Waals surface area contributed by atoms with Gasteiger partial charge >= 0.3 is 11.9 Å². The highest BCUT2D eigenvalue weighted by Gasteiger charge is 2.44. The van der Waals surface area contributed by atoms with E-state index >= 15 is 0 Å². The molecule has 5 heteroatoms. The van der Waals surface area contributed by atoms with Gasteiger partial charge in [0, 0.05) is 6.42 Å². The number of hydrogen-bond donors (Lipinski definition) is 1. The summed E-state index contributed by atoms with van der Waals surface area (Å²) in [6, 6.07) is 0. The lowest BCUT2D eigenvalue weighted by Crippen LogP contribution is -2.39. The van der Waals surface area contributed by atoms with Crippen molar-refractivity contribution in [1.82, 2.24) is 0 Å². The molecule has 0 aromatic carbocycles. The van der Waals surface area contributed by atoms with Crippen LogP contribution in [0.1, 0.15) is 39.0 Å². The number of aldehydes is 1. The quantitative estimate of drug-likeness (QED) is 0.582. The Balaban J connectivity index is 2.78. The van der Waals surface area contributed by atoms with Gasteiger partial charge < -0.3 is 14.6 Å². The van der Waals surface area contributed by atoms with Gasteiger partial charge in [-0.15, -0.1) is 0 Å². The molecule has 0 aromatic rings. The second kappa shape index (κ2) is 5.80.